The highest BCUT2D eigenvalue weighted by Gasteiger charge is 2.38. The molecule has 6 rings (SSSR count). The Hall–Kier alpha value is -4.54. The smallest absolute Gasteiger partial charge is 0.407 e. The molecule has 2 saturated heterocycles. The molecule has 1 saturated carbocycles. The summed E-state index contributed by atoms with van der Waals surface area (Å²) in [6.45, 7) is 6.87. The van der Waals surface area contributed by atoms with Crippen LogP contribution in [0.2, 0.25) is 0 Å². The van der Waals surface area contributed by atoms with Gasteiger partial charge >= 0.3 is 6.09 Å². The maximum absolute atomic E-state index is 13.9. The second kappa shape index (κ2) is 12.8. The minimum atomic E-state index is -1.12. The summed E-state index contributed by atoms with van der Waals surface area (Å²) in [6, 6.07) is 16.4. The molecule has 238 valence electrons. The Labute approximate surface area is 263 Å². The van der Waals surface area contributed by atoms with E-state index < -0.39 is 11.7 Å². The lowest BCUT2D eigenvalue weighted by molar-refractivity contribution is -0.147. The van der Waals surface area contributed by atoms with Crippen LogP contribution in [0.1, 0.15) is 45.1 Å². The summed E-state index contributed by atoms with van der Waals surface area (Å²) >= 11 is 0. The number of carbonyl (C=O) groups is 3. The van der Waals surface area contributed by atoms with E-state index in [4.69, 9.17) is 4.74 Å². The summed E-state index contributed by atoms with van der Waals surface area (Å²) in [5.41, 5.74) is 3.11. The van der Waals surface area contributed by atoms with Crippen molar-refractivity contribution in [1.29, 1.82) is 0 Å². The number of nitrogens with one attached hydrogen (secondary N) is 1. The highest BCUT2D eigenvalue weighted by atomic mass is 16.5. The van der Waals surface area contributed by atoms with E-state index in [2.05, 4.69) is 44.3 Å². The van der Waals surface area contributed by atoms with Crippen molar-refractivity contribution in [1.82, 2.24) is 24.9 Å². The Bertz CT molecular complexity index is 1500. The van der Waals surface area contributed by atoms with Gasteiger partial charge in [0.15, 0.2) is 5.60 Å². The largest absolute Gasteiger partial charge is 0.478 e. The number of anilines is 1. The Morgan fingerprint density at radius 2 is 1.71 bits per heavy atom. The Morgan fingerprint density at radius 3 is 2.38 bits per heavy atom. The van der Waals surface area contributed by atoms with Crippen LogP contribution in [0.5, 0.6) is 5.75 Å². The first-order valence-electron chi connectivity index (χ1n) is 15.9. The summed E-state index contributed by atoms with van der Waals surface area (Å²) in [5.74, 6) is 0.555. The number of benzene rings is 2. The average molecular weight is 615 g/mol. The van der Waals surface area contributed by atoms with E-state index in [1.54, 1.807) is 24.9 Å². The van der Waals surface area contributed by atoms with Crippen molar-refractivity contribution in [3.63, 3.8) is 0 Å². The van der Waals surface area contributed by atoms with Crippen LogP contribution in [-0.4, -0.2) is 98.8 Å². The number of carbonyl (C=O) groups excluding carboxylic acids is 2. The van der Waals surface area contributed by atoms with Gasteiger partial charge in [0.2, 0.25) is 5.91 Å². The maximum atomic E-state index is 13.9. The van der Waals surface area contributed by atoms with Crippen LogP contribution >= 0.6 is 0 Å². The average Bonchev–Trinajstić information content (AvgIpc) is 3.75. The van der Waals surface area contributed by atoms with Gasteiger partial charge < -0.3 is 29.4 Å². The zero-order valence-corrected chi connectivity index (χ0v) is 26.0. The molecule has 2 aromatic carbocycles. The molecule has 1 atom stereocenters. The van der Waals surface area contributed by atoms with Crippen molar-refractivity contribution < 1.29 is 24.2 Å². The van der Waals surface area contributed by atoms with Crippen LogP contribution in [0.25, 0.3) is 11.1 Å². The van der Waals surface area contributed by atoms with Gasteiger partial charge in [0.05, 0.1) is 12.1 Å². The summed E-state index contributed by atoms with van der Waals surface area (Å²) < 4.78 is 6.25. The molecule has 3 aliphatic rings. The first kappa shape index (κ1) is 30.5. The van der Waals surface area contributed by atoms with E-state index in [1.807, 2.05) is 30.5 Å². The highest BCUT2D eigenvalue weighted by Crippen LogP contribution is 2.34. The molecule has 2 aliphatic heterocycles. The molecular formula is C34H42N6O5. The lowest BCUT2D eigenvalue weighted by Gasteiger charge is -2.38. The quantitative estimate of drug-likeness (QED) is 0.365. The molecule has 3 fully saturated rings. The van der Waals surface area contributed by atoms with E-state index in [9.17, 15) is 19.5 Å². The normalized spacial score (nSPS) is 18.9. The van der Waals surface area contributed by atoms with Gasteiger partial charge in [-0.25, -0.2) is 4.79 Å². The molecule has 0 spiro atoms. The first-order chi connectivity index (χ1) is 21.7. The van der Waals surface area contributed by atoms with E-state index in [-0.39, 0.29) is 30.8 Å². The standard InChI is InChI=1S/C34H42N6O5/c1-34(2,32(42)37-15-17-38(18-16-37)33(43)44)45-30-7-3-6-29(19-30)39-14-4-5-26(23-39)31(41)40(28-12-13-28)22-24-8-10-25(11-9-24)27-20-35-36-21-27/h3,6-11,19-21,26,28H,4-5,12-18,22-23H2,1-2H3,(H,35,36)(H,43,44). The fraction of sp³-hybridized carbons (Fsp3) is 0.471. The highest BCUT2D eigenvalue weighted by molar-refractivity contribution is 5.85. The van der Waals surface area contributed by atoms with Crippen molar-refractivity contribution in [3.8, 4) is 16.9 Å². The van der Waals surface area contributed by atoms with Crippen LogP contribution in [0.15, 0.2) is 60.9 Å². The van der Waals surface area contributed by atoms with Crippen LogP contribution in [0.4, 0.5) is 10.5 Å². The maximum Gasteiger partial charge on any atom is 0.407 e. The molecule has 11 nitrogen and oxygen atoms in total. The minimum absolute atomic E-state index is 0.0865. The van der Waals surface area contributed by atoms with Gasteiger partial charge in [-0.3, -0.25) is 14.7 Å². The van der Waals surface area contributed by atoms with Gasteiger partial charge in [-0.15, -0.1) is 0 Å². The zero-order chi connectivity index (χ0) is 31.6. The molecule has 1 aliphatic carbocycles. The number of piperazine rings is 1. The van der Waals surface area contributed by atoms with Crippen molar-refractivity contribution in [2.24, 2.45) is 5.92 Å². The molecule has 3 heterocycles. The number of hydrogen-bond donors (Lipinski definition) is 2. The Balaban J connectivity index is 1.08. The first-order valence-corrected chi connectivity index (χ1v) is 15.9. The van der Waals surface area contributed by atoms with E-state index in [0.29, 0.717) is 38.0 Å². The molecular weight excluding hydrogens is 572 g/mol. The molecule has 3 amide bonds. The monoisotopic (exact) mass is 614 g/mol. The van der Waals surface area contributed by atoms with Crippen molar-refractivity contribution in [3.05, 3.63) is 66.5 Å². The summed E-state index contributed by atoms with van der Waals surface area (Å²) in [4.78, 5) is 45.8. The van der Waals surface area contributed by atoms with Crippen LogP contribution in [0, 0.1) is 5.92 Å². The van der Waals surface area contributed by atoms with Gasteiger partial charge in [0, 0.05) is 75.4 Å². The predicted molar refractivity (Wildman–Crippen MR) is 170 cm³/mol. The van der Waals surface area contributed by atoms with E-state index >= 15 is 0 Å². The summed E-state index contributed by atoms with van der Waals surface area (Å²) in [5, 5.41) is 16.1. The van der Waals surface area contributed by atoms with Crippen LogP contribution in [-0.2, 0) is 16.1 Å². The summed E-state index contributed by atoms with van der Waals surface area (Å²) in [6.07, 6.45) is 6.61. The van der Waals surface area contributed by atoms with Crippen molar-refractivity contribution in [2.45, 2.75) is 57.7 Å². The van der Waals surface area contributed by atoms with E-state index in [1.165, 1.54) is 4.90 Å². The summed E-state index contributed by atoms with van der Waals surface area (Å²) in [7, 11) is 0. The van der Waals surface area contributed by atoms with Gasteiger partial charge in [0.1, 0.15) is 5.75 Å². The van der Waals surface area contributed by atoms with Crippen LogP contribution in [0.3, 0.4) is 0 Å². The fourth-order valence-corrected chi connectivity index (χ4v) is 6.39. The fourth-order valence-electron chi connectivity index (χ4n) is 6.39. The molecule has 0 radical (unpaired) electrons. The lowest BCUT2D eigenvalue weighted by Crippen LogP contribution is -2.56. The number of piperidine rings is 1. The topological polar surface area (TPSA) is 122 Å². The van der Waals surface area contributed by atoms with Gasteiger partial charge in [-0.1, -0.05) is 30.3 Å². The second-order valence-corrected chi connectivity index (χ2v) is 12.8. The third-order valence-electron chi connectivity index (χ3n) is 9.09. The van der Waals surface area contributed by atoms with Crippen molar-refractivity contribution >= 4 is 23.6 Å². The molecule has 1 unspecified atom stereocenters. The lowest BCUT2D eigenvalue weighted by atomic mass is 9.95. The van der Waals surface area contributed by atoms with Gasteiger partial charge in [-0.05, 0) is 62.8 Å². The number of amides is 3. The zero-order valence-electron chi connectivity index (χ0n) is 26.0. The number of H-pyrrole nitrogens is 1. The number of nitrogens with zero attached hydrogens (tertiary/aromatic N) is 5. The third-order valence-corrected chi connectivity index (χ3v) is 9.09. The predicted octanol–water partition coefficient (Wildman–Crippen LogP) is 4.46. The minimum Gasteiger partial charge on any atom is -0.478 e. The molecule has 3 aromatic rings. The van der Waals surface area contributed by atoms with Crippen molar-refractivity contribution in [2.75, 3.05) is 44.2 Å². The molecule has 0 bridgehead atoms. The molecule has 45 heavy (non-hydrogen) atoms. The third kappa shape index (κ3) is 7.08. The van der Waals surface area contributed by atoms with Gasteiger partial charge in [-0.2, -0.15) is 5.10 Å². The number of aromatic amines is 1. The number of carboxylic acid groups (broad SMARTS) is 1. The Kier molecular flexibility index (Phi) is 8.69. The number of aromatic nitrogens is 2. The molecule has 11 heteroatoms. The SMILES string of the molecule is CC(C)(Oc1cccc(N2CCCC(C(=O)N(Cc3ccc(-c4cn[nH]c4)cc3)C3CC3)C2)c1)C(=O)N1CCN(C(=O)O)CC1. The molecule has 2 N–H and O–H groups in total. The molecule has 1 aromatic heterocycles. The van der Waals surface area contributed by atoms with Gasteiger partial charge in [0.25, 0.3) is 5.91 Å². The second-order valence-electron chi connectivity index (χ2n) is 12.8. The number of rotatable bonds is 9. The van der Waals surface area contributed by atoms with E-state index in [0.717, 1.165) is 54.6 Å². The number of ether oxygens (including phenoxy) is 1. The Morgan fingerprint density at radius 1 is 0.978 bits per heavy atom. The van der Waals surface area contributed by atoms with Crippen LogP contribution < -0.4 is 9.64 Å². The number of hydrogen-bond acceptors (Lipinski definition) is 6.